The smallest absolute Gasteiger partial charge is 0.229 e. The maximum Gasteiger partial charge on any atom is 0.229 e. The Balaban J connectivity index is 3.97. The van der Waals surface area contributed by atoms with E-state index in [1.807, 2.05) is 13.8 Å². The molecule has 76 valence electrons. The summed E-state index contributed by atoms with van der Waals surface area (Å²) in [5, 5.41) is 8.56. The highest BCUT2D eigenvalue weighted by molar-refractivity contribution is 5.86. The van der Waals surface area contributed by atoms with E-state index in [1.54, 1.807) is 0 Å². The quantitative estimate of drug-likeness (QED) is 0.612. The van der Waals surface area contributed by atoms with Crippen molar-refractivity contribution in [2.45, 2.75) is 26.7 Å². The molecule has 0 aromatic rings. The van der Waals surface area contributed by atoms with E-state index in [0.29, 0.717) is 12.8 Å². The lowest BCUT2D eigenvalue weighted by atomic mass is 10.0. The molecule has 0 aliphatic heterocycles. The first-order valence-electron chi connectivity index (χ1n) is 4.51. The molecule has 13 heavy (non-hydrogen) atoms. The van der Waals surface area contributed by atoms with Crippen LogP contribution in [0, 0.1) is 5.92 Å². The van der Waals surface area contributed by atoms with Crippen molar-refractivity contribution in [1.82, 2.24) is 4.90 Å². The van der Waals surface area contributed by atoms with Crippen LogP contribution in [0.25, 0.3) is 0 Å². The number of carbonyl (C=O) groups is 2. The van der Waals surface area contributed by atoms with E-state index < -0.39 is 0 Å². The fourth-order valence-electron chi connectivity index (χ4n) is 0.904. The number of nitrogens with zero attached hydrogens (tertiary/aromatic N) is 1. The molecule has 1 atom stereocenters. The van der Waals surface area contributed by atoms with E-state index in [0.717, 1.165) is 11.3 Å². The molecular formula is C9H17NO3. The van der Waals surface area contributed by atoms with Gasteiger partial charge in [0.25, 0.3) is 0 Å². The summed E-state index contributed by atoms with van der Waals surface area (Å²) >= 11 is 0. The highest BCUT2D eigenvalue weighted by Gasteiger charge is 2.14. The van der Waals surface area contributed by atoms with Gasteiger partial charge in [-0.15, -0.1) is 0 Å². The van der Waals surface area contributed by atoms with Crippen molar-refractivity contribution in [3.05, 3.63) is 0 Å². The van der Waals surface area contributed by atoms with Gasteiger partial charge in [-0.25, -0.2) is 0 Å². The van der Waals surface area contributed by atoms with Crippen molar-refractivity contribution in [2.24, 2.45) is 5.92 Å². The van der Waals surface area contributed by atoms with Crippen molar-refractivity contribution in [3.63, 3.8) is 0 Å². The van der Waals surface area contributed by atoms with Crippen LogP contribution in [0.4, 0.5) is 0 Å². The average Bonchev–Trinajstić information content (AvgIpc) is 2.13. The number of amides is 2. The van der Waals surface area contributed by atoms with E-state index >= 15 is 0 Å². The van der Waals surface area contributed by atoms with E-state index in [1.165, 1.54) is 0 Å². The Morgan fingerprint density at radius 1 is 1.62 bits per heavy atom. The number of hydrogen-bond acceptors (Lipinski definition) is 3. The molecule has 0 fully saturated rings. The number of aliphatic hydroxyl groups is 1. The van der Waals surface area contributed by atoms with Gasteiger partial charge in [0.05, 0.1) is 13.2 Å². The minimum Gasteiger partial charge on any atom is -0.395 e. The molecule has 1 N–H and O–H groups in total. The molecule has 0 saturated carbocycles. The largest absolute Gasteiger partial charge is 0.395 e. The van der Waals surface area contributed by atoms with Crippen LogP contribution in [0.1, 0.15) is 26.7 Å². The summed E-state index contributed by atoms with van der Waals surface area (Å²) < 4.78 is 0. The lowest BCUT2D eigenvalue weighted by molar-refractivity contribution is -0.139. The maximum atomic E-state index is 11.3. The third-order valence-electron chi connectivity index (χ3n) is 2.01. The van der Waals surface area contributed by atoms with E-state index in [-0.39, 0.29) is 25.0 Å². The standard InChI is InChI=1S/C9H17NO3/c1-3-8(2)6-9(13)10(7-12)4-5-11/h7-8,11H,3-6H2,1-2H3. The predicted octanol–water partition coefficient (Wildman–Crippen LogP) is 0.400. The van der Waals surface area contributed by atoms with Crippen molar-refractivity contribution in [3.8, 4) is 0 Å². The van der Waals surface area contributed by atoms with Crippen molar-refractivity contribution >= 4 is 12.3 Å². The molecule has 0 aliphatic rings. The summed E-state index contributed by atoms with van der Waals surface area (Å²) in [5.41, 5.74) is 0. The molecule has 0 radical (unpaired) electrons. The van der Waals surface area contributed by atoms with Gasteiger partial charge >= 0.3 is 0 Å². The monoisotopic (exact) mass is 187 g/mol. The first-order chi connectivity index (χ1) is 6.15. The molecule has 4 heteroatoms. The Bertz CT molecular complexity index is 170. The van der Waals surface area contributed by atoms with Gasteiger partial charge in [0.15, 0.2) is 0 Å². The van der Waals surface area contributed by atoms with Crippen LogP contribution in [0.2, 0.25) is 0 Å². The molecule has 2 amide bonds. The van der Waals surface area contributed by atoms with Crippen molar-refractivity contribution in [1.29, 1.82) is 0 Å². The van der Waals surface area contributed by atoms with Crippen LogP contribution in [0.5, 0.6) is 0 Å². The van der Waals surface area contributed by atoms with Gasteiger partial charge in [-0.05, 0) is 5.92 Å². The predicted molar refractivity (Wildman–Crippen MR) is 48.9 cm³/mol. The molecule has 0 rings (SSSR count). The van der Waals surface area contributed by atoms with Gasteiger partial charge in [0.2, 0.25) is 12.3 Å². The summed E-state index contributed by atoms with van der Waals surface area (Å²) in [6, 6.07) is 0. The zero-order chi connectivity index (χ0) is 10.3. The lowest BCUT2D eigenvalue weighted by Crippen LogP contribution is -2.33. The second-order valence-electron chi connectivity index (χ2n) is 3.13. The Kier molecular flexibility index (Phi) is 6.14. The molecular weight excluding hydrogens is 170 g/mol. The molecule has 0 heterocycles. The Hall–Kier alpha value is -0.900. The van der Waals surface area contributed by atoms with Crippen LogP contribution in [-0.4, -0.2) is 35.5 Å². The molecule has 0 aromatic heterocycles. The van der Waals surface area contributed by atoms with Gasteiger partial charge < -0.3 is 5.11 Å². The van der Waals surface area contributed by atoms with Gasteiger partial charge in [-0.3, -0.25) is 14.5 Å². The lowest BCUT2D eigenvalue weighted by Gasteiger charge is -2.15. The highest BCUT2D eigenvalue weighted by atomic mass is 16.3. The van der Waals surface area contributed by atoms with Crippen LogP contribution in [0.15, 0.2) is 0 Å². The van der Waals surface area contributed by atoms with Crippen LogP contribution in [0.3, 0.4) is 0 Å². The molecule has 0 aromatic carbocycles. The van der Waals surface area contributed by atoms with Gasteiger partial charge in [0.1, 0.15) is 0 Å². The minimum atomic E-state index is -0.210. The Morgan fingerprint density at radius 2 is 2.23 bits per heavy atom. The summed E-state index contributed by atoms with van der Waals surface area (Å²) in [6.45, 7) is 3.87. The average molecular weight is 187 g/mol. The second-order valence-corrected chi connectivity index (χ2v) is 3.13. The minimum absolute atomic E-state index is 0.0960. The van der Waals surface area contributed by atoms with Crippen molar-refractivity contribution in [2.75, 3.05) is 13.2 Å². The number of aliphatic hydroxyl groups excluding tert-OH is 1. The SMILES string of the molecule is CCC(C)CC(=O)N(C=O)CCO. The third kappa shape index (κ3) is 4.62. The summed E-state index contributed by atoms with van der Waals surface area (Å²) in [7, 11) is 0. The third-order valence-corrected chi connectivity index (χ3v) is 2.01. The van der Waals surface area contributed by atoms with E-state index in [9.17, 15) is 9.59 Å². The fourth-order valence-corrected chi connectivity index (χ4v) is 0.904. The van der Waals surface area contributed by atoms with Crippen LogP contribution in [-0.2, 0) is 9.59 Å². The van der Waals surface area contributed by atoms with Crippen LogP contribution < -0.4 is 0 Å². The molecule has 1 unspecified atom stereocenters. The number of carbonyl (C=O) groups excluding carboxylic acids is 2. The van der Waals surface area contributed by atoms with E-state index in [2.05, 4.69) is 0 Å². The van der Waals surface area contributed by atoms with Crippen LogP contribution >= 0.6 is 0 Å². The van der Waals surface area contributed by atoms with Crippen molar-refractivity contribution < 1.29 is 14.7 Å². The maximum absolute atomic E-state index is 11.3. The molecule has 0 aliphatic carbocycles. The molecule has 4 nitrogen and oxygen atoms in total. The highest BCUT2D eigenvalue weighted by Crippen LogP contribution is 2.07. The van der Waals surface area contributed by atoms with Gasteiger partial charge in [-0.2, -0.15) is 0 Å². The zero-order valence-corrected chi connectivity index (χ0v) is 8.19. The summed E-state index contributed by atoms with van der Waals surface area (Å²) in [5.74, 6) is 0.0760. The Labute approximate surface area is 78.5 Å². The van der Waals surface area contributed by atoms with Gasteiger partial charge in [0, 0.05) is 6.42 Å². The number of imide groups is 1. The number of rotatable bonds is 6. The Morgan fingerprint density at radius 3 is 2.62 bits per heavy atom. The second kappa shape index (κ2) is 6.60. The summed E-state index contributed by atoms with van der Waals surface area (Å²) in [4.78, 5) is 22.7. The topological polar surface area (TPSA) is 57.6 Å². The molecule has 0 spiro atoms. The normalized spacial score (nSPS) is 12.2. The van der Waals surface area contributed by atoms with Gasteiger partial charge in [-0.1, -0.05) is 20.3 Å². The zero-order valence-electron chi connectivity index (χ0n) is 8.19. The fraction of sp³-hybridized carbons (Fsp3) is 0.778. The first kappa shape index (κ1) is 12.1. The molecule has 0 saturated heterocycles. The number of hydrogen-bond donors (Lipinski definition) is 1. The summed E-state index contributed by atoms with van der Waals surface area (Å²) in [6.07, 6.45) is 1.76. The first-order valence-corrected chi connectivity index (χ1v) is 4.51. The molecule has 0 bridgehead atoms. The van der Waals surface area contributed by atoms with E-state index in [4.69, 9.17) is 5.11 Å².